The predicted octanol–water partition coefficient (Wildman–Crippen LogP) is 2.99. The van der Waals surface area contributed by atoms with Crippen LogP contribution < -0.4 is 0 Å². The summed E-state index contributed by atoms with van der Waals surface area (Å²) in [6.45, 7) is 0. The fourth-order valence-corrected chi connectivity index (χ4v) is 4.57. The summed E-state index contributed by atoms with van der Waals surface area (Å²) < 4.78 is 24.7. The Morgan fingerprint density at radius 2 is 1.60 bits per heavy atom. The number of benzene rings is 2. The molecule has 0 fully saturated rings. The zero-order valence-electron chi connectivity index (χ0n) is 13.9. The molecule has 1 heterocycles. The number of sulfone groups is 1. The van der Waals surface area contributed by atoms with Gasteiger partial charge < -0.3 is 0 Å². The topological polar surface area (TPSA) is 64.8 Å². The van der Waals surface area contributed by atoms with Crippen molar-refractivity contribution in [2.45, 2.75) is 11.6 Å². The fourth-order valence-electron chi connectivity index (χ4n) is 2.41. The standard InChI is InChI=1S/C18H19N3O2S2/c1-25(22,23)13-12-24-18-20-19-17(14-15-8-4-2-5-9-15)21(18)16-10-6-3-7-11-16/h2-11H,12-14H2,1H3. The summed E-state index contributed by atoms with van der Waals surface area (Å²) in [7, 11) is -2.99. The van der Waals surface area contributed by atoms with E-state index in [-0.39, 0.29) is 5.75 Å². The lowest BCUT2D eigenvalue weighted by molar-refractivity contribution is 0.603. The van der Waals surface area contributed by atoms with Gasteiger partial charge in [-0.3, -0.25) is 4.57 Å². The molecule has 3 rings (SSSR count). The largest absolute Gasteiger partial charge is 0.274 e. The van der Waals surface area contributed by atoms with Crippen molar-refractivity contribution in [1.82, 2.24) is 14.8 Å². The van der Waals surface area contributed by atoms with Crippen LogP contribution in [0.25, 0.3) is 5.69 Å². The Morgan fingerprint density at radius 3 is 2.24 bits per heavy atom. The van der Waals surface area contributed by atoms with E-state index in [0.29, 0.717) is 17.3 Å². The van der Waals surface area contributed by atoms with Gasteiger partial charge in [-0.2, -0.15) is 0 Å². The Morgan fingerprint density at radius 1 is 0.960 bits per heavy atom. The maximum atomic E-state index is 11.4. The molecule has 0 amide bonds. The van der Waals surface area contributed by atoms with E-state index < -0.39 is 9.84 Å². The lowest BCUT2D eigenvalue weighted by atomic mass is 10.1. The summed E-state index contributed by atoms with van der Waals surface area (Å²) in [5, 5.41) is 9.34. The van der Waals surface area contributed by atoms with Crippen LogP contribution in [0.15, 0.2) is 65.8 Å². The highest BCUT2D eigenvalue weighted by atomic mass is 32.2. The van der Waals surface area contributed by atoms with Crippen molar-refractivity contribution in [2.75, 3.05) is 17.8 Å². The van der Waals surface area contributed by atoms with Gasteiger partial charge in [0.2, 0.25) is 0 Å². The van der Waals surface area contributed by atoms with Gasteiger partial charge >= 0.3 is 0 Å². The lowest BCUT2D eigenvalue weighted by Gasteiger charge is -2.10. The number of rotatable bonds is 7. The molecular weight excluding hydrogens is 354 g/mol. The molecule has 0 spiro atoms. The fraction of sp³-hybridized carbons (Fsp3) is 0.222. The zero-order chi connectivity index (χ0) is 17.7. The smallest absolute Gasteiger partial charge is 0.195 e. The third-order valence-corrected chi connectivity index (χ3v) is 5.74. The third-order valence-electron chi connectivity index (χ3n) is 3.61. The van der Waals surface area contributed by atoms with Crippen LogP contribution in [0.4, 0.5) is 0 Å². The van der Waals surface area contributed by atoms with Crippen LogP contribution in [-0.2, 0) is 16.3 Å². The zero-order valence-corrected chi connectivity index (χ0v) is 15.5. The van der Waals surface area contributed by atoms with Gasteiger partial charge in [-0.05, 0) is 17.7 Å². The van der Waals surface area contributed by atoms with Crippen LogP contribution in [0.1, 0.15) is 11.4 Å². The number of nitrogens with zero attached hydrogens (tertiary/aromatic N) is 3. The number of para-hydroxylation sites is 1. The van der Waals surface area contributed by atoms with Gasteiger partial charge in [0, 0.05) is 24.1 Å². The predicted molar refractivity (Wildman–Crippen MR) is 101 cm³/mol. The van der Waals surface area contributed by atoms with Crippen LogP contribution in [0.2, 0.25) is 0 Å². The molecule has 3 aromatic rings. The Labute approximate surface area is 152 Å². The number of thioether (sulfide) groups is 1. The van der Waals surface area contributed by atoms with E-state index in [1.165, 1.54) is 18.0 Å². The van der Waals surface area contributed by atoms with Gasteiger partial charge in [-0.25, -0.2) is 8.42 Å². The Bertz CT molecular complexity index is 923. The van der Waals surface area contributed by atoms with Gasteiger partial charge in [-0.15, -0.1) is 10.2 Å². The maximum Gasteiger partial charge on any atom is 0.195 e. The van der Waals surface area contributed by atoms with E-state index in [0.717, 1.165) is 17.1 Å². The second kappa shape index (κ2) is 7.84. The molecule has 0 radical (unpaired) electrons. The monoisotopic (exact) mass is 373 g/mol. The number of hydrogen-bond donors (Lipinski definition) is 0. The Kier molecular flexibility index (Phi) is 5.55. The average Bonchev–Trinajstić information content (AvgIpc) is 2.98. The molecular formula is C18H19N3O2S2. The van der Waals surface area contributed by atoms with Crippen LogP contribution in [-0.4, -0.2) is 40.9 Å². The van der Waals surface area contributed by atoms with Crippen LogP contribution in [0, 0.1) is 0 Å². The first-order valence-corrected chi connectivity index (χ1v) is 10.9. The molecule has 0 aliphatic rings. The first kappa shape index (κ1) is 17.7. The average molecular weight is 374 g/mol. The summed E-state index contributed by atoms with van der Waals surface area (Å²) in [5.41, 5.74) is 2.13. The molecule has 0 bridgehead atoms. The molecule has 0 aliphatic carbocycles. The number of aromatic nitrogens is 3. The minimum atomic E-state index is -2.99. The van der Waals surface area contributed by atoms with E-state index in [1.807, 2.05) is 53.1 Å². The van der Waals surface area contributed by atoms with Crippen LogP contribution in [0.3, 0.4) is 0 Å². The van der Waals surface area contributed by atoms with Crippen molar-refractivity contribution in [3.8, 4) is 5.69 Å². The molecule has 5 nitrogen and oxygen atoms in total. The summed E-state index contributed by atoms with van der Waals surface area (Å²) in [6, 6.07) is 20.0. The van der Waals surface area contributed by atoms with E-state index >= 15 is 0 Å². The van der Waals surface area contributed by atoms with Gasteiger partial charge in [0.1, 0.15) is 15.7 Å². The molecule has 1 aromatic heterocycles. The Hall–Kier alpha value is -2.12. The second-order valence-electron chi connectivity index (χ2n) is 5.71. The SMILES string of the molecule is CS(=O)(=O)CCSc1nnc(Cc2ccccc2)n1-c1ccccc1. The molecule has 0 N–H and O–H groups in total. The van der Waals surface area contributed by atoms with Gasteiger partial charge in [0.25, 0.3) is 0 Å². The number of hydrogen-bond acceptors (Lipinski definition) is 5. The van der Waals surface area contributed by atoms with Crippen molar-refractivity contribution < 1.29 is 8.42 Å². The second-order valence-corrected chi connectivity index (χ2v) is 9.03. The highest BCUT2D eigenvalue weighted by Gasteiger charge is 2.15. The highest BCUT2D eigenvalue weighted by Crippen LogP contribution is 2.23. The minimum Gasteiger partial charge on any atom is -0.274 e. The van der Waals surface area contributed by atoms with Gasteiger partial charge in [0.15, 0.2) is 5.16 Å². The van der Waals surface area contributed by atoms with Crippen molar-refractivity contribution in [1.29, 1.82) is 0 Å². The summed E-state index contributed by atoms with van der Waals surface area (Å²) in [5.74, 6) is 1.40. The molecule has 7 heteroatoms. The van der Waals surface area contributed by atoms with Gasteiger partial charge in [-0.1, -0.05) is 60.3 Å². The molecule has 0 aliphatic heterocycles. The molecule has 0 saturated carbocycles. The normalized spacial score (nSPS) is 11.6. The van der Waals surface area contributed by atoms with E-state index in [1.54, 1.807) is 0 Å². The van der Waals surface area contributed by atoms with Crippen LogP contribution in [0.5, 0.6) is 0 Å². The van der Waals surface area contributed by atoms with E-state index in [9.17, 15) is 8.42 Å². The molecule has 2 aromatic carbocycles. The van der Waals surface area contributed by atoms with Crippen molar-refractivity contribution in [2.24, 2.45) is 0 Å². The maximum absolute atomic E-state index is 11.4. The van der Waals surface area contributed by atoms with Gasteiger partial charge in [0.05, 0.1) is 5.75 Å². The highest BCUT2D eigenvalue weighted by molar-refractivity contribution is 8.00. The van der Waals surface area contributed by atoms with Crippen LogP contribution >= 0.6 is 11.8 Å². The molecule has 0 unspecified atom stereocenters. The summed E-state index contributed by atoms with van der Waals surface area (Å²) in [6.07, 6.45) is 1.91. The molecule has 0 saturated heterocycles. The molecule has 25 heavy (non-hydrogen) atoms. The van der Waals surface area contributed by atoms with E-state index in [2.05, 4.69) is 22.3 Å². The summed E-state index contributed by atoms with van der Waals surface area (Å²) in [4.78, 5) is 0. The lowest BCUT2D eigenvalue weighted by Crippen LogP contribution is -2.07. The van der Waals surface area contributed by atoms with Crippen molar-refractivity contribution in [3.05, 3.63) is 72.1 Å². The summed E-state index contributed by atoms with van der Waals surface area (Å²) >= 11 is 1.41. The quantitative estimate of drug-likeness (QED) is 0.596. The molecule has 130 valence electrons. The Balaban J connectivity index is 1.90. The third kappa shape index (κ3) is 4.93. The first-order valence-electron chi connectivity index (χ1n) is 7.87. The minimum absolute atomic E-state index is 0.118. The van der Waals surface area contributed by atoms with Crippen molar-refractivity contribution in [3.63, 3.8) is 0 Å². The van der Waals surface area contributed by atoms with Crippen molar-refractivity contribution >= 4 is 21.6 Å². The molecule has 0 atom stereocenters. The first-order chi connectivity index (χ1) is 12.0. The van der Waals surface area contributed by atoms with E-state index in [4.69, 9.17) is 0 Å².